The van der Waals surface area contributed by atoms with Crippen LogP contribution in [0.1, 0.15) is 35.3 Å². The van der Waals surface area contributed by atoms with E-state index in [1.165, 1.54) is 6.92 Å². The van der Waals surface area contributed by atoms with Gasteiger partial charge in [-0.25, -0.2) is 4.79 Å². The van der Waals surface area contributed by atoms with Crippen molar-refractivity contribution >= 4 is 23.5 Å². The second-order valence-corrected chi connectivity index (χ2v) is 6.27. The van der Waals surface area contributed by atoms with Gasteiger partial charge in [0.25, 0.3) is 11.8 Å². The van der Waals surface area contributed by atoms with E-state index < -0.39 is 24.5 Å². The second-order valence-electron chi connectivity index (χ2n) is 6.27. The molecule has 2 rings (SSSR count). The van der Waals surface area contributed by atoms with E-state index in [0.717, 1.165) is 17.5 Å². The summed E-state index contributed by atoms with van der Waals surface area (Å²) in [7, 11) is 0. The number of hydrogen-bond donors (Lipinski definition) is 2. The Balaban J connectivity index is 1.79. The van der Waals surface area contributed by atoms with Gasteiger partial charge in [0.05, 0.1) is 0 Å². The van der Waals surface area contributed by atoms with Crippen molar-refractivity contribution in [3.63, 3.8) is 0 Å². The molecule has 6 nitrogen and oxygen atoms in total. The van der Waals surface area contributed by atoms with Gasteiger partial charge in [0.1, 0.15) is 6.04 Å². The average molecular weight is 368 g/mol. The molecule has 1 atom stereocenters. The summed E-state index contributed by atoms with van der Waals surface area (Å²) >= 11 is 0. The molecule has 0 saturated heterocycles. The SMILES string of the molecule is CCc1ccc(NC(=O)COC(=O)[C@H](C)NC(=O)c2cccc(C)c2)cc1. The summed E-state index contributed by atoms with van der Waals surface area (Å²) in [6.45, 7) is 5.02. The first-order valence-corrected chi connectivity index (χ1v) is 8.82. The van der Waals surface area contributed by atoms with Gasteiger partial charge >= 0.3 is 5.97 Å². The summed E-state index contributed by atoms with van der Waals surface area (Å²) in [4.78, 5) is 36.0. The molecule has 142 valence electrons. The molecule has 0 aliphatic rings. The Morgan fingerprint density at radius 3 is 2.41 bits per heavy atom. The molecular weight excluding hydrogens is 344 g/mol. The molecule has 2 aromatic rings. The maximum absolute atomic E-state index is 12.1. The minimum atomic E-state index is -0.866. The third-order valence-electron chi connectivity index (χ3n) is 3.97. The van der Waals surface area contributed by atoms with Gasteiger partial charge in [-0.3, -0.25) is 9.59 Å². The van der Waals surface area contributed by atoms with E-state index in [4.69, 9.17) is 4.74 Å². The number of amides is 2. The number of nitrogens with one attached hydrogen (secondary N) is 2. The van der Waals surface area contributed by atoms with Gasteiger partial charge in [-0.1, -0.05) is 36.8 Å². The van der Waals surface area contributed by atoms with Crippen molar-refractivity contribution in [2.45, 2.75) is 33.2 Å². The number of carbonyl (C=O) groups excluding carboxylic acids is 3. The van der Waals surface area contributed by atoms with Crippen molar-refractivity contribution < 1.29 is 19.1 Å². The first-order valence-electron chi connectivity index (χ1n) is 8.82. The largest absolute Gasteiger partial charge is 0.454 e. The van der Waals surface area contributed by atoms with Crippen molar-refractivity contribution in [3.8, 4) is 0 Å². The molecule has 0 radical (unpaired) electrons. The van der Waals surface area contributed by atoms with Crippen LogP contribution in [0, 0.1) is 6.92 Å². The molecule has 0 aromatic heterocycles. The van der Waals surface area contributed by atoms with Crippen LogP contribution in [0.5, 0.6) is 0 Å². The maximum atomic E-state index is 12.1. The number of hydrogen-bond acceptors (Lipinski definition) is 4. The molecule has 0 heterocycles. The molecule has 0 saturated carbocycles. The Labute approximate surface area is 158 Å². The highest BCUT2D eigenvalue weighted by molar-refractivity contribution is 5.97. The van der Waals surface area contributed by atoms with Crippen LogP contribution in [0.15, 0.2) is 48.5 Å². The van der Waals surface area contributed by atoms with Crippen molar-refractivity contribution in [2.24, 2.45) is 0 Å². The Bertz CT molecular complexity index is 815. The zero-order valence-corrected chi connectivity index (χ0v) is 15.7. The smallest absolute Gasteiger partial charge is 0.328 e. The normalized spacial score (nSPS) is 11.4. The van der Waals surface area contributed by atoms with Gasteiger partial charge in [0.15, 0.2) is 6.61 Å². The number of aryl methyl sites for hydroxylation is 2. The molecule has 0 aliphatic heterocycles. The van der Waals surface area contributed by atoms with Crippen molar-refractivity contribution in [1.29, 1.82) is 0 Å². The zero-order valence-electron chi connectivity index (χ0n) is 15.7. The van der Waals surface area contributed by atoms with E-state index in [-0.39, 0.29) is 5.91 Å². The predicted molar refractivity (Wildman–Crippen MR) is 104 cm³/mol. The fraction of sp³-hybridized carbons (Fsp3) is 0.286. The van der Waals surface area contributed by atoms with Crippen molar-refractivity contribution in [1.82, 2.24) is 5.32 Å². The van der Waals surface area contributed by atoms with E-state index in [9.17, 15) is 14.4 Å². The molecule has 2 aromatic carbocycles. The second kappa shape index (κ2) is 9.52. The monoisotopic (exact) mass is 368 g/mol. The highest BCUT2D eigenvalue weighted by atomic mass is 16.5. The first kappa shape index (κ1) is 20.2. The van der Waals surface area contributed by atoms with E-state index in [1.54, 1.807) is 30.3 Å². The molecule has 27 heavy (non-hydrogen) atoms. The summed E-state index contributed by atoms with van der Waals surface area (Å²) in [5.74, 6) is -1.49. The number of carbonyl (C=O) groups is 3. The van der Waals surface area contributed by atoms with Gasteiger partial charge < -0.3 is 15.4 Å². The average Bonchev–Trinajstić information content (AvgIpc) is 2.66. The van der Waals surface area contributed by atoms with Crippen LogP contribution in [0.4, 0.5) is 5.69 Å². The van der Waals surface area contributed by atoms with Crippen LogP contribution in [-0.2, 0) is 20.7 Å². The number of rotatable bonds is 7. The van der Waals surface area contributed by atoms with Gasteiger partial charge in [0.2, 0.25) is 0 Å². The summed E-state index contributed by atoms with van der Waals surface area (Å²) in [5, 5.41) is 5.22. The molecule has 0 spiro atoms. The maximum Gasteiger partial charge on any atom is 0.328 e. The van der Waals surface area contributed by atoms with Crippen LogP contribution in [-0.4, -0.2) is 30.4 Å². The molecule has 6 heteroatoms. The highest BCUT2D eigenvalue weighted by Gasteiger charge is 2.19. The topological polar surface area (TPSA) is 84.5 Å². The number of benzene rings is 2. The third kappa shape index (κ3) is 6.26. The minimum Gasteiger partial charge on any atom is -0.454 e. The lowest BCUT2D eigenvalue weighted by atomic mass is 10.1. The van der Waals surface area contributed by atoms with Crippen LogP contribution in [0.25, 0.3) is 0 Å². The molecular formula is C21H24N2O4. The minimum absolute atomic E-state index is 0.372. The lowest BCUT2D eigenvalue weighted by Crippen LogP contribution is -2.40. The van der Waals surface area contributed by atoms with Crippen LogP contribution >= 0.6 is 0 Å². The lowest BCUT2D eigenvalue weighted by molar-refractivity contribution is -0.148. The van der Waals surface area contributed by atoms with Crippen molar-refractivity contribution in [3.05, 3.63) is 65.2 Å². The van der Waals surface area contributed by atoms with Crippen LogP contribution < -0.4 is 10.6 Å². The highest BCUT2D eigenvalue weighted by Crippen LogP contribution is 2.10. The Morgan fingerprint density at radius 1 is 1.07 bits per heavy atom. The van der Waals surface area contributed by atoms with Gasteiger partial charge in [0, 0.05) is 11.3 Å². The fourth-order valence-corrected chi connectivity index (χ4v) is 2.41. The third-order valence-corrected chi connectivity index (χ3v) is 3.97. The standard InChI is InChI=1S/C21H24N2O4/c1-4-16-8-10-18(11-9-16)23-19(24)13-27-21(26)15(3)22-20(25)17-7-5-6-14(2)12-17/h5-12,15H,4,13H2,1-3H3,(H,22,25)(H,23,24)/t15-/m0/s1. The van der Waals surface area contributed by atoms with Crippen LogP contribution in [0.3, 0.4) is 0 Å². The van der Waals surface area contributed by atoms with E-state index in [1.807, 2.05) is 32.0 Å². The molecule has 2 amide bonds. The van der Waals surface area contributed by atoms with E-state index in [0.29, 0.717) is 11.3 Å². The van der Waals surface area contributed by atoms with Crippen LogP contribution in [0.2, 0.25) is 0 Å². The first-order chi connectivity index (χ1) is 12.9. The number of ether oxygens (including phenoxy) is 1. The Morgan fingerprint density at radius 2 is 1.78 bits per heavy atom. The summed E-state index contributed by atoms with van der Waals surface area (Å²) < 4.78 is 4.98. The van der Waals surface area contributed by atoms with E-state index >= 15 is 0 Å². The summed E-state index contributed by atoms with van der Waals surface area (Å²) in [6.07, 6.45) is 0.915. The van der Waals surface area contributed by atoms with Gasteiger partial charge in [-0.05, 0) is 50.1 Å². The molecule has 0 unspecified atom stereocenters. The van der Waals surface area contributed by atoms with E-state index in [2.05, 4.69) is 10.6 Å². The Hall–Kier alpha value is -3.15. The van der Waals surface area contributed by atoms with Gasteiger partial charge in [-0.15, -0.1) is 0 Å². The number of esters is 1. The summed E-state index contributed by atoms with van der Waals surface area (Å²) in [6, 6.07) is 13.6. The van der Waals surface area contributed by atoms with Crippen molar-refractivity contribution in [2.75, 3.05) is 11.9 Å². The quantitative estimate of drug-likeness (QED) is 0.736. The molecule has 0 aliphatic carbocycles. The molecule has 2 N–H and O–H groups in total. The lowest BCUT2D eigenvalue weighted by Gasteiger charge is -2.13. The number of anilines is 1. The fourth-order valence-electron chi connectivity index (χ4n) is 2.41. The predicted octanol–water partition coefficient (Wildman–Crippen LogP) is 2.86. The summed E-state index contributed by atoms with van der Waals surface area (Å²) in [5.41, 5.74) is 3.20. The van der Waals surface area contributed by atoms with Gasteiger partial charge in [-0.2, -0.15) is 0 Å². The molecule has 0 fully saturated rings. The molecule has 0 bridgehead atoms. The zero-order chi connectivity index (χ0) is 19.8. The Kier molecular flexibility index (Phi) is 7.11.